The van der Waals surface area contributed by atoms with Gasteiger partial charge in [0.2, 0.25) is 0 Å². The van der Waals surface area contributed by atoms with E-state index in [1.807, 2.05) is 0 Å². The lowest BCUT2D eigenvalue weighted by Gasteiger charge is -2.35. The van der Waals surface area contributed by atoms with Crippen LogP contribution in [-0.2, 0) is 0 Å². The number of imide groups is 1. The number of carbonyl (C=O) groups is 2. The van der Waals surface area contributed by atoms with Crippen molar-refractivity contribution in [1.82, 2.24) is 4.90 Å². The summed E-state index contributed by atoms with van der Waals surface area (Å²) in [6.45, 7) is -0.673. The molecule has 0 aliphatic carbocycles. The number of benzene rings is 3. The van der Waals surface area contributed by atoms with Crippen LogP contribution in [0.3, 0.4) is 0 Å². The molecule has 0 saturated heterocycles. The average Bonchev–Trinajstić information content (AvgIpc) is 2.74. The topological polar surface area (TPSA) is 121 Å². The molecular formula is C21H16N2O6. The maximum Gasteiger partial charge on any atom is 0.269 e. The Balaban J connectivity index is 1.75. The van der Waals surface area contributed by atoms with Crippen LogP contribution in [0.1, 0.15) is 32.4 Å². The van der Waals surface area contributed by atoms with Crippen LogP contribution < -0.4 is 0 Å². The molecule has 4 rings (SSSR count). The molecule has 0 bridgehead atoms. The first-order valence-corrected chi connectivity index (χ1v) is 8.87. The zero-order valence-electron chi connectivity index (χ0n) is 15.1. The Morgan fingerprint density at radius 3 is 1.97 bits per heavy atom. The quantitative estimate of drug-likeness (QED) is 0.391. The second kappa shape index (κ2) is 7.08. The van der Waals surface area contributed by atoms with E-state index in [0.29, 0.717) is 16.5 Å². The van der Waals surface area contributed by atoms with Gasteiger partial charge in [-0.05, 0) is 35.2 Å². The van der Waals surface area contributed by atoms with Crippen LogP contribution in [0.15, 0.2) is 60.7 Å². The molecule has 146 valence electrons. The molecule has 0 fully saturated rings. The number of aliphatic hydroxyl groups excluding tert-OH is 2. The smallest absolute Gasteiger partial charge is 0.269 e. The molecule has 0 saturated carbocycles. The molecule has 2 N–H and O–H groups in total. The molecule has 3 aromatic carbocycles. The van der Waals surface area contributed by atoms with E-state index in [9.17, 15) is 29.9 Å². The van der Waals surface area contributed by atoms with Crippen LogP contribution in [-0.4, -0.2) is 44.5 Å². The molecular weight excluding hydrogens is 376 g/mol. The summed E-state index contributed by atoms with van der Waals surface area (Å²) in [4.78, 5) is 37.3. The number of hydrogen-bond acceptors (Lipinski definition) is 6. The van der Waals surface area contributed by atoms with Gasteiger partial charge in [-0.3, -0.25) is 24.6 Å². The number of hydrogen-bond donors (Lipinski definition) is 2. The zero-order chi connectivity index (χ0) is 20.7. The van der Waals surface area contributed by atoms with Gasteiger partial charge in [0.25, 0.3) is 17.5 Å². The van der Waals surface area contributed by atoms with Crippen LogP contribution in [0.5, 0.6) is 0 Å². The molecule has 2 amide bonds. The highest BCUT2D eigenvalue weighted by atomic mass is 16.6. The Kier molecular flexibility index (Phi) is 4.57. The van der Waals surface area contributed by atoms with Gasteiger partial charge in [0.1, 0.15) is 6.10 Å². The van der Waals surface area contributed by atoms with Gasteiger partial charge in [-0.15, -0.1) is 0 Å². The molecule has 3 aromatic rings. The Labute approximate surface area is 164 Å². The van der Waals surface area contributed by atoms with E-state index < -0.39 is 35.5 Å². The summed E-state index contributed by atoms with van der Waals surface area (Å²) in [5.74, 6) is -1.22. The number of non-ortho nitro benzene ring substituents is 1. The van der Waals surface area contributed by atoms with Crippen LogP contribution in [0.25, 0.3) is 10.8 Å². The van der Waals surface area contributed by atoms with E-state index in [0.717, 1.165) is 10.3 Å². The summed E-state index contributed by atoms with van der Waals surface area (Å²) in [7, 11) is 0. The van der Waals surface area contributed by atoms with Gasteiger partial charge in [-0.25, -0.2) is 0 Å². The number of carbonyl (C=O) groups excluding carboxylic acids is 2. The van der Waals surface area contributed by atoms with Crippen molar-refractivity contribution < 1.29 is 24.7 Å². The van der Waals surface area contributed by atoms with Gasteiger partial charge in [0.05, 0.1) is 17.6 Å². The molecule has 8 nitrogen and oxygen atoms in total. The fourth-order valence-electron chi connectivity index (χ4n) is 3.69. The third kappa shape index (κ3) is 2.95. The summed E-state index contributed by atoms with van der Waals surface area (Å²) in [6.07, 6.45) is -1.42. The highest BCUT2D eigenvalue weighted by molar-refractivity contribution is 6.25. The first-order valence-electron chi connectivity index (χ1n) is 8.87. The van der Waals surface area contributed by atoms with Gasteiger partial charge in [-0.1, -0.05) is 24.3 Å². The molecule has 1 heterocycles. The van der Waals surface area contributed by atoms with Crippen molar-refractivity contribution in [1.29, 1.82) is 0 Å². The summed E-state index contributed by atoms with van der Waals surface area (Å²) >= 11 is 0. The third-order valence-corrected chi connectivity index (χ3v) is 5.13. The van der Waals surface area contributed by atoms with Crippen LogP contribution >= 0.6 is 0 Å². The summed E-state index contributed by atoms with van der Waals surface area (Å²) in [5.41, 5.74) is 0.707. The van der Waals surface area contributed by atoms with Gasteiger partial charge in [-0.2, -0.15) is 0 Å². The first-order chi connectivity index (χ1) is 13.9. The lowest BCUT2D eigenvalue weighted by atomic mass is 9.91. The molecule has 0 aromatic heterocycles. The molecule has 1 aliphatic rings. The Morgan fingerprint density at radius 2 is 1.48 bits per heavy atom. The predicted molar refractivity (Wildman–Crippen MR) is 103 cm³/mol. The second-order valence-electron chi connectivity index (χ2n) is 6.73. The van der Waals surface area contributed by atoms with E-state index in [2.05, 4.69) is 0 Å². The largest absolute Gasteiger partial charge is 0.394 e. The van der Waals surface area contributed by atoms with Crippen molar-refractivity contribution in [3.8, 4) is 0 Å². The summed E-state index contributed by atoms with van der Waals surface area (Å²) < 4.78 is 0. The molecule has 29 heavy (non-hydrogen) atoms. The number of aliphatic hydroxyl groups is 2. The van der Waals surface area contributed by atoms with Crippen molar-refractivity contribution >= 4 is 28.3 Å². The van der Waals surface area contributed by atoms with E-state index in [-0.39, 0.29) is 11.3 Å². The van der Waals surface area contributed by atoms with Crippen molar-refractivity contribution in [2.24, 2.45) is 0 Å². The van der Waals surface area contributed by atoms with E-state index in [1.165, 1.54) is 24.3 Å². The maximum atomic E-state index is 13.1. The Morgan fingerprint density at radius 1 is 0.931 bits per heavy atom. The fourth-order valence-corrected chi connectivity index (χ4v) is 3.69. The number of nitrogens with zero attached hydrogens (tertiary/aromatic N) is 2. The number of nitro benzene ring substituents is 1. The van der Waals surface area contributed by atoms with E-state index in [4.69, 9.17) is 0 Å². The maximum absolute atomic E-state index is 13.1. The van der Waals surface area contributed by atoms with Gasteiger partial charge < -0.3 is 10.2 Å². The molecule has 8 heteroatoms. The number of amides is 2. The standard InChI is InChI=1S/C21H16N2O6/c24-11-17(19(25)13-7-9-14(10-8-13)23(28)29)22-20(26)15-5-1-3-12-4-2-6-16(18(12)15)21(22)27/h1-10,17,19,24-25H,11H2. The lowest BCUT2D eigenvalue weighted by Crippen LogP contribution is -2.51. The third-order valence-electron chi connectivity index (χ3n) is 5.13. The zero-order valence-corrected chi connectivity index (χ0v) is 15.1. The SMILES string of the molecule is O=C1c2cccc3cccc(c23)C(=O)N1C(CO)C(O)c1ccc([N+](=O)[O-])cc1. The van der Waals surface area contributed by atoms with Crippen LogP contribution in [0, 0.1) is 10.1 Å². The van der Waals surface area contributed by atoms with Crippen molar-refractivity contribution in [2.75, 3.05) is 6.61 Å². The summed E-state index contributed by atoms with van der Waals surface area (Å²) in [6, 6.07) is 14.0. The lowest BCUT2D eigenvalue weighted by molar-refractivity contribution is -0.384. The predicted octanol–water partition coefficient (Wildman–Crippen LogP) is 2.44. The molecule has 0 spiro atoms. The molecule has 0 radical (unpaired) electrons. The van der Waals surface area contributed by atoms with Crippen molar-refractivity contribution in [3.05, 3.63) is 87.5 Å². The van der Waals surface area contributed by atoms with Crippen molar-refractivity contribution in [3.63, 3.8) is 0 Å². The summed E-state index contributed by atoms with van der Waals surface area (Å²) in [5, 5.41) is 32.8. The number of nitro groups is 1. The van der Waals surface area contributed by atoms with Gasteiger partial charge in [0.15, 0.2) is 0 Å². The highest BCUT2D eigenvalue weighted by Gasteiger charge is 2.40. The Bertz CT molecular complexity index is 1090. The van der Waals surface area contributed by atoms with Gasteiger partial charge >= 0.3 is 0 Å². The fraction of sp³-hybridized carbons (Fsp3) is 0.143. The molecule has 2 unspecified atom stereocenters. The molecule has 2 atom stereocenters. The minimum Gasteiger partial charge on any atom is -0.394 e. The normalized spacial score (nSPS) is 15.4. The van der Waals surface area contributed by atoms with Gasteiger partial charge in [0, 0.05) is 28.6 Å². The molecule has 1 aliphatic heterocycles. The Hall–Kier alpha value is -3.62. The van der Waals surface area contributed by atoms with Crippen molar-refractivity contribution in [2.45, 2.75) is 12.1 Å². The average molecular weight is 392 g/mol. The minimum absolute atomic E-state index is 0.160. The van der Waals surface area contributed by atoms with Crippen LogP contribution in [0.4, 0.5) is 5.69 Å². The number of rotatable bonds is 5. The van der Waals surface area contributed by atoms with E-state index in [1.54, 1.807) is 36.4 Å². The van der Waals surface area contributed by atoms with E-state index >= 15 is 0 Å². The monoisotopic (exact) mass is 392 g/mol. The second-order valence-corrected chi connectivity index (χ2v) is 6.73. The first kappa shape index (κ1) is 18.7. The minimum atomic E-state index is -1.42. The highest BCUT2D eigenvalue weighted by Crippen LogP contribution is 2.33. The van der Waals surface area contributed by atoms with Crippen LogP contribution in [0.2, 0.25) is 0 Å².